The predicted molar refractivity (Wildman–Crippen MR) is 73.1 cm³/mol. The summed E-state index contributed by atoms with van der Waals surface area (Å²) >= 11 is 3.40. The highest BCUT2D eigenvalue weighted by Crippen LogP contribution is 2.27. The van der Waals surface area contributed by atoms with Crippen LogP contribution in [0.5, 0.6) is 0 Å². The fourth-order valence-electron chi connectivity index (χ4n) is 2.12. The minimum absolute atomic E-state index is 0.276. The van der Waals surface area contributed by atoms with Crippen molar-refractivity contribution in [3.63, 3.8) is 0 Å². The largest absolute Gasteiger partial charge is 0.216 e. The summed E-state index contributed by atoms with van der Waals surface area (Å²) in [4.78, 5) is 0. The third-order valence-electron chi connectivity index (χ3n) is 3.04. The summed E-state index contributed by atoms with van der Waals surface area (Å²) in [6, 6.07) is 5.72. The first-order valence-electron chi connectivity index (χ1n) is 5.58. The predicted octanol–water partition coefficient (Wildman–Crippen LogP) is 1.30. The number of nitrogens with zero attached hydrogens (tertiary/aromatic N) is 4. The van der Waals surface area contributed by atoms with E-state index in [2.05, 4.69) is 26.2 Å². The molecule has 0 N–H and O–H groups in total. The molecule has 0 fully saturated rings. The molecule has 19 heavy (non-hydrogen) atoms. The molecule has 2 aromatic rings. The van der Waals surface area contributed by atoms with E-state index in [-0.39, 0.29) is 6.54 Å². The summed E-state index contributed by atoms with van der Waals surface area (Å²) in [6.45, 7) is 0.606. The lowest BCUT2D eigenvalue weighted by Gasteiger charge is -2.17. The second-order valence-corrected chi connectivity index (χ2v) is 7.34. The van der Waals surface area contributed by atoms with Crippen LogP contribution in [0, 0.1) is 0 Å². The Morgan fingerprint density at radius 1 is 1.32 bits per heavy atom. The summed E-state index contributed by atoms with van der Waals surface area (Å²) in [6.07, 6.45) is 2.80. The molecule has 0 atom stereocenters. The van der Waals surface area contributed by atoms with Crippen LogP contribution in [-0.4, -0.2) is 34.0 Å². The monoisotopic (exact) mass is 342 g/mol. The van der Waals surface area contributed by atoms with E-state index in [1.54, 1.807) is 10.9 Å². The highest BCUT2D eigenvalue weighted by atomic mass is 79.9. The van der Waals surface area contributed by atoms with Crippen molar-refractivity contribution in [1.29, 1.82) is 0 Å². The molecule has 0 radical (unpaired) electrons. The number of hydrogen-bond donors (Lipinski definition) is 0. The van der Waals surface area contributed by atoms with Crippen LogP contribution in [-0.2, 0) is 23.1 Å². The molecule has 100 valence electrons. The molecule has 1 aromatic heterocycles. The Balaban J connectivity index is 2.22. The second-order valence-electron chi connectivity index (χ2n) is 4.44. The van der Waals surface area contributed by atoms with Gasteiger partial charge >= 0.3 is 0 Å². The van der Waals surface area contributed by atoms with Gasteiger partial charge in [-0.1, -0.05) is 21.1 Å². The molecule has 0 unspecified atom stereocenters. The van der Waals surface area contributed by atoms with E-state index in [1.165, 1.54) is 10.6 Å². The van der Waals surface area contributed by atoms with Crippen LogP contribution in [0.4, 0.5) is 0 Å². The van der Waals surface area contributed by atoms with E-state index >= 15 is 0 Å². The van der Waals surface area contributed by atoms with Gasteiger partial charge in [0.1, 0.15) is 0 Å². The van der Waals surface area contributed by atoms with Gasteiger partial charge in [-0.3, -0.25) is 0 Å². The van der Waals surface area contributed by atoms with Crippen molar-refractivity contribution in [1.82, 2.24) is 19.3 Å². The minimum atomic E-state index is -3.28. The number of aromatic nitrogens is 3. The number of sulfonamides is 1. The van der Waals surface area contributed by atoms with Crippen molar-refractivity contribution in [3.05, 3.63) is 40.1 Å². The van der Waals surface area contributed by atoms with E-state index in [0.29, 0.717) is 6.54 Å². The quantitative estimate of drug-likeness (QED) is 0.783. The van der Waals surface area contributed by atoms with Crippen LogP contribution in [0.1, 0.15) is 11.3 Å². The maximum absolute atomic E-state index is 11.8. The molecule has 1 aliphatic rings. The Kier molecular flexibility index (Phi) is 2.95. The number of fused-ring (bicyclic) bond motifs is 3. The molecule has 0 spiro atoms. The first-order valence-corrected chi connectivity index (χ1v) is 8.23. The van der Waals surface area contributed by atoms with E-state index in [0.717, 1.165) is 21.4 Å². The Morgan fingerprint density at radius 2 is 2.11 bits per heavy atom. The lowest BCUT2D eigenvalue weighted by atomic mass is 10.2. The smallest absolute Gasteiger partial charge is 0.211 e. The first kappa shape index (κ1) is 12.8. The van der Waals surface area contributed by atoms with Crippen molar-refractivity contribution < 1.29 is 8.42 Å². The van der Waals surface area contributed by atoms with E-state index < -0.39 is 10.0 Å². The second kappa shape index (κ2) is 4.39. The normalized spacial score (nSPS) is 15.7. The van der Waals surface area contributed by atoms with E-state index in [1.807, 2.05) is 18.2 Å². The van der Waals surface area contributed by atoms with Gasteiger partial charge in [-0.15, -0.1) is 5.10 Å². The number of rotatable bonds is 1. The standard InChI is InChI=1S/C11H11BrN4O2S/c1-19(17,18)15-6-8-4-9(12)2-3-11(8)16-10(7-15)5-13-14-16/h2-5H,6-7H2,1H3. The molecule has 3 rings (SSSR count). The highest BCUT2D eigenvalue weighted by molar-refractivity contribution is 9.10. The fraction of sp³-hybridized carbons (Fsp3) is 0.273. The van der Waals surface area contributed by atoms with Gasteiger partial charge in [0, 0.05) is 11.0 Å². The summed E-state index contributed by atoms with van der Waals surface area (Å²) in [5, 5.41) is 7.90. The molecule has 0 saturated carbocycles. The van der Waals surface area contributed by atoms with Gasteiger partial charge in [0.05, 0.1) is 30.4 Å². The van der Waals surface area contributed by atoms with Crippen LogP contribution in [0.3, 0.4) is 0 Å². The molecular weight excluding hydrogens is 332 g/mol. The third kappa shape index (κ3) is 2.31. The molecule has 0 saturated heterocycles. The Hall–Kier alpha value is -1.25. The SMILES string of the molecule is CS(=O)(=O)N1Cc2cc(Br)ccc2-n2nncc2C1. The number of hydrogen-bond acceptors (Lipinski definition) is 4. The summed E-state index contributed by atoms with van der Waals surface area (Å²) in [5.74, 6) is 0. The average molecular weight is 343 g/mol. The van der Waals surface area contributed by atoms with E-state index in [4.69, 9.17) is 0 Å². The van der Waals surface area contributed by atoms with Crippen molar-refractivity contribution >= 4 is 26.0 Å². The van der Waals surface area contributed by atoms with Crippen molar-refractivity contribution in [2.24, 2.45) is 0 Å². The Bertz CT molecular complexity index is 741. The molecule has 8 heteroatoms. The van der Waals surface area contributed by atoms with Gasteiger partial charge in [-0.05, 0) is 23.8 Å². The van der Waals surface area contributed by atoms with E-state index in [9.17, 15) is 8.42 Å². The lowest BCUT2D eigenvalue weighted by molar-refractivity contribution is 0.405. The van der Waals surface area contributed by atoms with Crippen LogP contribution < -0.4 is 0 Å². The van der Waals surface area contributed by atoms with Gasteiger partial charge in [0.25, 0.3) is 0 Å². The zero-order valence-corrected chi connectivity index (χ0v) is 12.5. The highest BCUT2D eigenvalue weighted by Gasteiger charge is 2.25. The van der Waals surface area contributed by atoms with Gasteiger partial charge < -0.3 is 0 Å². The van der Waals surface area contributed by atoms with Gasteiger partial charge in [0.2, 0.25) is 10.0 Å². The molecule has 1 aromatic carbocycles. The molecule has 2 heterocycles. The van der Waals surface area contributed by atoms with Crippen molar-refractivity contribution in [2.75, 3.05) is 6.26 Å². The van der Waals surface area contributed by atoms with Gasteiger partial charge in [-0.25, -0.2) is 13.1 Å². The van der Waals surface area contributed by atoms with Gasteiger partial charge in [-0.2, -0.15) is 4.31 Å². The molecule has 0 aliphatic carbocycles. The summed E-state index contributed by atoms with van der Waals surface area (Å²) < 4.78 is 27.7. The third-order valence-corrected chi connectivity index (χ3v) is 4.73. The zero-order chi connectivity index (χ0) is 13.6. The molecular formula is C11H11BrN4O2S. The van der Waals surface area contributed by atoms with Crippen LogP contribution in [0.2, 0.25) is 0 Å². The number of benzene rings is 1. The topological polar surface area (TPSA) is 68.1 Å². The van der Waals surface area contributed by atoms with Crippen molar-refractivity contribution in [3.8, 4) is 5.69 Å². The minimum Gasteiger partial charge on any atom is -0.216 e. The molecule has 1 aliphatic heterocycles. The average Bonchev–Trinajstić information content (AvgIpc) is 2.70. The molecule has 0 amide bonds. The van der Waals surface area contributed by atoms with Gasteiger partial charge in [0.15, 0.2) is 0 Å². The maximum Gasteiger partial charge on any atom is 0.211 e. The van der Waals surface area contributed by atoms with Crippen LogP contribution in [0.25, 0.3) is 5.69 Å². The molecule has 6 nitrogen and oxygen atoms in total. The summed E-state index contributed by atoms with van der Waals surface area (Å²) in [5.41, 5.74) is 2.51. The van der Waals surface area contributed by atoms with Crippen LogP contribution >= 0.6 is 15.9 Å². The Morgan fingerprint density at radius 3 is 2.84 bits per heavy atom. The summed E-state index contributed by atoms with van der Waals surface area (Å²) in [7, 11) is -3.28. The fourth-order valence-corrected chi connectivity index (χ4v) is 3.26. The van der Waals surface area contributed by atoms with Crippen LogP contribution in [0.15, 0.2) is 28.9 Å². The Labute approximate surface area is 119 Å². The lowest BCUT2D eigenvalue weighted by Crippen LogP contribution is -2.28. The first-order chi connectivity index (χ1) is 8.95. The zero-order valence-electron chi connectivity index (χ0n) is 10.1. The maximum atomic E-state index is 11.8. The van der Waals surface area contributed by atoms with Crippen molar-refractivity contribution in [2.45, 2.75) is 13.1 Å². The molecule has 0 bridgehead atoms. The number of halogens is 1.